The average Bonchev–Trinajstić information content (AvgIpc) is 3.35. The topological polar surface area (TPSA) is 136 Å². The Morgan fingerprint density at radius 2 is 2.00 bits per heavy atom. The van der Waals surface area contributed by atoms with Crippen molar-refractivity contribution in [1.82, 2.24) is 19.9 Å². The first-order valence-electron chi connectivity index (χ1n) is 13.7. The van der Waals surface area contributed by atoms with E-state index in [4.69, 9.17) is 27.8 Å². The smallest absolute Gasteiger partial charge is 0.354 e. The molecule has 1 atom stereocenters. The Hall–Kier alpha value is -3.57. The number of nitrogens with one attached hydrogen (secondary N) is 2. The monoisotopic (exact) mass is 581 g/mol. The van der Waals surface area contributed by atoms with E-state index < -0.39 is 11.5 Å². The Balaban J connectivity index is 1.48. The predicted molar refractivity (Wildman–Crippen MR) is 163 cm³/mol. The van der Waals surface area contributed by atoms with Gasteiger partial charge in [-0.2, -0.15) is 4.98 Å². The number of methoxy groups -OCH3 is 1. The van der Waals surface area contributed by atoms with Crippen LogP contribution in [0.15, 0.2) is 58.4 Å². The van der Waals surface area contributed by atoms with Crippen LogP contribution >= 0.6 is 11.6 Å². The zero-order valence-corrected chi connectivity index (χ0v) is 24.2. The van der Waals surface area contributed by atoms with E-state index in [0.29, 0.717) is 59.9 Å². The van der Waals surface area contributed by atoms with Crippen molar-refractivity contribution < 1.29 is 9.13 Å². The van der Waals surface area contributed by atoms with Gasteiger partial charge in [0.25, 0.3) is 0 Å². The predicted octanol–water partition coefficient (Wildman–Crippen LogP) is 4.33. The van der Waals surface area contributed by atoms with E-state index in [1.165, 1.54) is 4.57 Å². The van der Waals surface area contributed by atoms with Gasteiger partial charge in [0.2, 0.25) is 0 Å². The molecule has 0 aliphatic carbocycles. The van der Waals surface area contributed by atoms with Crippen LogP contribution in [0.5, 0.6) is 0 Å². The molecule has 0 saturated carbocycles. The highest BCUT2D eigenvalue weighted by Crippen LogP contribution is 2.31. The minimum absolute atomic E-state index is 0.0404. The minimum atomic E-state index is -0.528. The van der Waals surface area contributed by atoms with Crippen LogP contribution in [0.1, 0.15) is 37.3 Å². The van der Waals surface area contributed by atoms with Crippen molar-refractivity contribution in [3.63, 3.8) is 0 Å². The molecule has 0 saturated heterocycles. The zero-order valence-electron chi connectivity index (χ0n) is 23.4. The van der Waals surface area contributed by atoms with Crippen LogP contribution in [0.25, 0.3) is 28.0 Å². The molecule has 2 aromatic carbocycles. The SMILES string of the molecule is COCC(N)CCCc1cc(Cl)c(F)c(-c2cc3cn(-c4ccc(CNCCCN=C(C)N)cc4)c(=O)nc3[nH]2)c1. The molecule has 1 unspecified atom stereocenters. The van der Waals surface area contributed by atoms with Crippen LogP contribution in [-0.4, -0.2) is 53.2 Å². The summed E-state index contributed by atoms with van der Waals surface area (Å²) < 4.78 is 21.7. The second kappa shape index (κ2) is 14.4. The highest BCUT2D eigenvalue weighted by atomic mass is 35.5. The highest BCUT2D eigenvalue weighted by Gasteiger charge is 2.16. The van der Waals surface area contributed by atoms with Crippen molar-refractivity contribution in [2.75, 3.05) is 26.8 Å². The van der Waals surface area contributed by atoms with E-state index in [9.17, 15) is 4.79 Å². The van der Waals surface area contributed by atoms with Gasteiger partial charge in [-0.3, -0.25) is 9.56 Å². The van der Waals surface area contributed by atoms with Gasteiger partial charge in [-0.15, -0.1) is 0 Å². The number of hydrogen-bond donors (Lipinski definition) is 4. The Bertz CT molecular complexity index is 1550. The molecule has 6 N–H and O–H groups in total. The second-order valence-corrected chi connectivity index (χ2v) is 10.6. The third kappa shape index (κ3) is 8.23. The van der Waals surface area contributed by atoms with Crippen LogP contribution < -0.4 is 22.5 Å². The van der Waals surface area contributed by atoms with Crippen LogP contribution in [0.3, 0.4) is 0 Å². The molecule has 0 amide bonds. The number of rotatable bonds is 14. The van der Waals surface area contributed by atoms with Crippen molar-refractivity contribution in [2.45, 2.75) is 45.2 Å². The molecule has 0 radical (unpaired) electrons. The third-order valence-electron chi connectivity index (χ3n) is 6.72. The fraction of sp³-hybridized carbons (Fsp3) is 0.367. The van der Waals surface area contributed by atoms with Crippen molar-refractivity contribution in [2.24, 2.45) is 16.5 Å². The third-order valence-corrected chi connectivity index (χ3v) is 7.00. The first-order valence-corrected chi connectivity index (χ1v) is 14.0. The Morgan fingerprint density at radius 3 is 2.73 bits per heavy atom. The first kappa shape index (κ1) is 30.4. The molecular formula is C30H37ClFN7O2. The van der Waals surface area contributed by atoms with Gasteiger partial charge in [0.15, 0.2) is 5.82 Å². The summed E-state index contributed by atoms with van der Waals surface area (Å²) >= 11 is 6.25. The van der Waals surface area contributed by atoms with Gasteiger partial charge in [0, 0.05) is 43.4 Å². The van der Waals surface area contributed by atoms with Crippen LogP contribution in [0.2, 0.25) is 5.02 Å². The molecule has 2 heterocycles. The summed E-state index contributed by atoms with van der Waals surface area (Å²) in [4.78, 5) is 24.3. The van der Waals surface area contributed by atoms with E-state index in [2.05, 4.69) is 20.3 Å². The Morgan fingerprint density at radius 1 is 1.22 bits per heavy atom. The molecule has 0 aliphatic heterocycles. The quantitative estimate of drug-likeness (QED) is 0.0994. The second-order valence-electron chi connectivity index (χ2n) is 10.1. The standard InChI is InChI=1S/C30H37ClFN7O2/c1-19(33)36-12-4-11-35-16-20-7-9-24(10-8-20)39-17-22-15-27(37-29(22)38-30(39)40)25-13-21(14-26(31)28(25)32)5-3-6-23(34)18-41-2/h7-10,13-15,17,23,35H,3-6,11-12,16,18,34H2,1-2H3,(H2,33,36)(H,37,38,40). The fourth-order valence-electron chi connectivity index (χ4n) is 4.64. The molecule has 41 heavy (non-hydrogen) atoms. The van der Waals surface area contributed by atoms with Crippen molar-refractivity contribution in [3.8, 4) is 16.9 Å². The maximum Gasteiger partial charge on any atom is 0.354 e. The number of H-pyrrole nitrogens is 1. The number of benzene rings is 2. The van der Waals surface area contributed by atoms with Crippen molar-refractivity contribution in [1.29, 1.82) is 0 Å². The largest absolute Gasteiger partial charge is 0.388 e. The molecule has 9 nitrogen and oxygen atoms in total. The van der Waals surface area contributed by atoms with Gasteiger partial charge in [0.1, 0.15) is 5.65 Å². The summed E-state index contributed by atoms with van der Waals surface area (Å²) in [5.41, 5.74) is 15.0. The molecule has 4 aromatic rings. The maximum absolute atomic E-state index is 15.1. The summed E-state index contributed by atoms with van der Waals surface area (Å²) in [5.74, 6) is 0.0656. The molecule has 218 valence electrons. The molecule has 0 bridgehead atoms. The summed E-state index contributed by atoms with van der Waals surface area (Å²) in [6.45, 7) is 4.50. The van der Waals surface area contributed by atoms with Crippen LogP contribution in [-0.2, 0) is 17.7 Å². The van der Waals surface area contributed by atoms with Crippen molar-refractivity contribution in [3.05, 3.63) is 81.1 Å². The molecule has 0 aliphatic rings. The number of aromatic amines is 1. The van der Waals surface area contributed by atoms with Gasteiger partial charge >= 0.3 is 5.69 Å². The van der Waals surface area contributed by atoms with E-state index in [1.54, 1.807) is 38.4 Å². The number of nitrogens with two attached hydrogens (primary N) is 2. The van der Waals surface area contributed by atoms with Gasteiger partial charge in [-0.05, 0) is 80.6 Å². The number of ether oxygens (including phenoxy) is 1. The van der Waals surface area contributed by atoms with E-state index in [-0.39, 0.29) is 11.1 Å². The lowest BCUT2D eigenvalue weighted by Crippen LogP contribution is -2.25. The fourth-order valence-corrected chi connectivity index (χ4v) is 4.88. The molecule has 0 spiro atoms. The molecule has 2 aromatic heterocycles. The number of halogens is 2. The summed E-state index contributed by atoms with van der Waals surface area (Å²) in [7, 11) is 1.62. The normalized spacial score (nSPS) is 12.8. The van der Waals surface area contributed by atoms with Gasteiger partial charge in [-0.1, -0.05) is 23.7 Å². The maximum atomic E-state index is 15.1. The summed E-state index contributed by atoms with van der Waals surface area (Å²) in [6.07, 6.45) is 4.90. The molecule has 4 rings (SSSR count). The number of fused-ring (bicyclic) bond motifs is 1. The lowest BCUT2D eigenvalue weighted by Gasteiger charge is -2.11. The lowest BCUT2D eigenvalue weighted by atomic mass is 10.0. The zero-order chi connectivity index (χ0) is 29.4. The van der Waals surface area contributed by atoms with Crippen molar-refractivity contribution >= 4 is 28.5 Å². The van der Waals surface area contributed by atoms with Gasteiger partial charge < -0.3 is 26.5 Å². The van der Waals surface area contributed by atoms with Gasteiger partial charge in [-0.25, -0.2) is 9.18 Å². The number of aliphatic imine (C=N–C) groups is 1. The summed E-state index contributed by atoms with van der Waals surface area (Å²) in [5, 5.41) is 4.09. The minimum Gasteiger partial charge on any atom is -0.388 e. The number of nitrogens with zero attached hydrogens (tertiary/aromatic N) is 3. The number of aromatic nitrogens is 3. The first-order chi connectivity index (χ1) is 19.7. The lowest BCUT2D eigenvalue weighted by molar-refractivity contribution is 0.176. The van der Waals surface area contributed by atoms with Gasteiger partial charge in [0.05, 0.1) is 28.8 Å². The van der Waals surface area contributed by atoms with E-state index in [1.807, 2.05) is 24.3 Å². The van der Waals surface area contributed by atoms with Crippen LogP contribution in [0.4, 0.5) is 4.39 Å². The van der Waals surface area contributed by atoms with E-state index in [0.717, 1.165) is 36.9 Å². The molecule has 0 fully saturated rings. The van der Waals surface area contributed by atoms with Crippen LogP contribution in [0, 0.1) is 5.82 Å². The highest BCUT2D eigenvalue weighted by molar-refractivity contribution is 6.31. The number of amidine groups is 1. The number of aryl methyl sites for hydroxylation is 1. The van der Waals surface area contributed by atoms with E-state index >= 15 is 4.39 Å². The Kier molecular flexibility index (Phi) is 10.6. The summed E-state index contributed by atoms with van der Waals surface area (Å²) in [6, 6.07) is 12.8. The Labute approximate surface area is 243 Å². The molecular weight excluding hydrogens is 545 g/mol. The average molecular weight is 582 g/mol. The molecule has 11 heteroatoms. The number of hydrogen-bond acceptors (Lipinski definition) is 6.